The summed E-state index contributed by atoms with van der Waals surface area (Å²) in [5.74, 6) is -1.39. The number of halogens is 2. The molecule has 0 aromatic carbocycles. The van der Waals surface area contributed by atoms with Crippen LogP contribution in [0, 0.1) is 11.6 Å². The Hall–Kier alpha value is -3.62. The third-order valence-electron chi connectivity index (χ3n) is 6.87. The molecule has 8 atom stereocenters. The molecule has 222 valence electrons. The van der Waals surface area contributed by atoms with E-state index in [1.807, 2.05) is 0 Å². The number of aromatic amines is 1. The number of ether oxygens (including phenoxy) is 3. The minimum absolute atomic E-state index is 0.0129. The highest BCUT2D eigenvalue weighted by Crippen LogP contribution is 2.35. The molecule has 7 N–H and O–H groups in total. The Morgan fingerprint density at radius 1 is 0.854 bits per heavy atom. The quantitative estimate of drug-likeness (QED) is 0.131. The second kappa shape index (κ2) is 11.3. The first-order valence-corrected chi connectivity index (χ1v) is 12.2. The number of rotatable bonds is 5. The maximum absolute atomic E-state index is 14.1. The van der Waals surface area contributed by atoms with E-state index in [0.717, 1.165) is 23.3 Å². The highest BCUT2D eigenvalue weighted by atomic mass is 19.1. The van der Waals surface area contributed by atoms with E-state index >= 15 is 0 Å². The molecule has 0 saturated carbocycles. The van der Waals surface area contributed by atoms with Crippen molar-refractivity contribution in [2.45, 2.75) is 49.1 Å². The molecule has 2 unspecified atom stereocenters. The molecule has 0 amide bonds. The lowest BCUT2D eigenvalue weighted by molar-refractivity contribution is -0.0510. The van der Waals surface area contributed by atoms with Gasteiger partial charge in [-0.2, -0.15) is 0 Å². The summed E-state index contributed by atoms with van der Waals surface area (Å²) in [7, 11) is 1.35. The first kappa shape index (κ1) is 28.9. The predicted molar refractivity (Wildman–Crippen MR) is 130 cm³/mol. The molecule has 6 rings (SSSR count). The minimum Gasteiger partial charge on any atom is -0.480 e. The van der Waals surface area contributed by atoms with E-state index in [9.17, 15) is 34.0 Å². The zero-order chi connectivity index (χ0) is 29.6. The standard InChI is InChI=1S/C12H14FN3O5.C11H12FN3O5/c1-20-11-7-5(13)2-16(10(7)14-4-15-11)12-9(19)8(18)6(3-17)21-12;12-4-1-15(9-6(4)10(19)14-3-13-9)11-8(18)7(17)5(2-16)20-11/h2,4,6,8-9,12,17-19H,3H2,1H3;1,3,5,7-8,11,16-18H,2H2,(H,13,14,19)/t6-,8?,9+,12-;5-,7?,8+,11-/m11/s1. The van der Waals surface area contributed by atoms with Gasteiger partial charge in [0.15, 0.2) is 35.4 Å². The van der Waals surface area contributed by atoms with Gasteiger partial charge in [0, 0.05) is 12.4 Å². The third-order valence-corrected chi connectivity index (χ3v) is 6.87. The molecule has 6 heterocycles. The van der Waals surface area contributed by atoms with Gasteiger partial charge in [0.05, 0.1) is 26.7 Å². The molecule has 18 heteroatoms. The zero-order valence-corrected chi connectivity index (χ0v) is 21.2. The molecule has 2 fully saturated rings. The largest absolute Gasteiger partial charge is 0.480 e. The molecule has 16 nitrogen and oxygen atoms in total. The fraction of sp³-hybridized carbons (Fsp3) is 0.478. The van der Waals surface area contributed by atoms with Crippen LogP contribution in [0.5, 0.6) is 5.88 Å². The number of methoxy groups -OCH3 is 1. The molecule has 0 aliphatic carbocycles. The van der Waals surface area contributed by atoms with E-state index in [4.69, 9.17) is 24.4 Å². The van der Waals surface area contributed by atoms with E-state index in [1.165, 1.54) is 18.0 Å². The number of nitrogens with one attached hydrogen (secondary N) is 1. The molecule has 41 heavy (non-hydrogen) atoms. The summed E-state index contributed by atoms with van der Waals surface area (Å²) < 4.78 is 45.9. The van der Waals surface area contributed by atoms with E-state index < -0.39 is 79.5 Å². The van der Waals surface area contributed by atoms with Crippen molar-refractivity contribution < 1.29 is 53.6 Å². The summed E-state index contributed by atoms with van der Waals surface area (Å²) >= 11 is 0. The van der Waals surface area contributed by atoms with Crippen LogP contribution in [0.25, 0.3) is 22.1 Å². The van der Waals surface area contributed by atoms with Gasteiger partial charge in [-0.3, -0.25) is 4.79 Å². The number of aromatic nitrogens is 6. The molecular weight excluding hydrogens is 558 g/mol. The normalized spacial score (nSPS) is 29.7. The van der Waals surface area contributed by atoms with Crippen LogP contribution in [0.4, 0.5) is 8.78 Å². The van der Waals surface area contributed by atoms with Gasteiger partial charge in [-0.1, -0.05) is 0 Å². The molecule has 0 bridgehead atoms. The second-order valence-electron chi connectivity index (χ2n) is 9.24. The fourth-order valence-corrected chi connectivity index (χ4v) is 4.82. The Bertz CT molecular complexity index is 1600. The highest BCUT2D eigenvalue weighted by molar-refractivity contribution is 5.82. The number of H-pyrrole nitrogens is 1. The Kier molecular flexibility index (Phi) is 7.99. The van der Waals surface area contributed by atoms with Gasteiger partial charge >= 0.3 is 0 Å². The summed E-state index contributed by atoms with van der Waals surface area (Å²) in [6.07, 6.45) is -5.08. The second-order valence-corrected chi connectivity index (χ2v) is 9.24. The molecule has 2 aliphatic rings. The van der Waals surface area contributed by atoms with Crippen molar-refractivity contribution in [2.24, 2.45) is 0 Å². The van der Waals surface area contributed by atoms with E-state index in [-0.39, 0.29) is 27.9 Å². The van der Waals surface area contributed by atoms with Crippen molar-refractivity contribution in [2.75, 3.05) is 20.3 Å². The SMILES string of the molecule is COc1ncnc2c1c(F)cn2[C@@H]1O[C@H](CO)C(O)[C@@H]1O.O=c1[nH]cnc2c1c(F)cn2[C@@H]1O[C@H](CO)C(O)[C@@H]1O. The lowest BCUT2D eigenvalue weighted by atomic mass is 10.1. The molecule has 0 radical (unpaired) electrons. The van der Waals surface area contributed by atoms with Crippen molar-refractivity contribution >= 4 is 22.1 Å². The molecule has 2 aliphatic heterocycles. The number of aliphatic hydroxyl groups excluding tert-OH is 6. The average molecular weight is 584 g/mol. The van der Waals surface area contributed by atoms with Crippen LogP contribution >= 0.6 is 0 Å². The van der Waals surface area contributed by atoms with Crippen molar-refractivity contribution in [1.29, 1.82) is 0 Å². The van der Waals surface area contributed by atoms with Gasteiger partial charge in [0.2, 0.25) is 5.88 Å². The lowest BCUT2D eigenvalue weighted by Gasteiger charge is -2.17. The van der Waals surface area contributed by atoms with Gasteiger partial charge in [-0.25, -0.2) is 23.7 Å². The van der Waals surface area contributed by atoms with Gasteiger partial charge in [-0.05, 0) is 0 Å². The topological polar surface area (TPSA) is 230 Å². The number of nitrogens with zero attached hydrogens (tertiary/aromatic N) is 5. The van der Waals surface area contributed by atoms with E-state index in [0.29, 0.717) is 0 Å². The maximum atomic E-state index is 14.1. The van der Waals surface area contributed by atoms with Crippen LogP contribution in [-0.4, -0.2) is 117 Å². The maximum Gasteiger partial charge on any atom is 0.263 e. The third kappa shape index (κ3) is 4.83. The number of hydrogen-bond donors (Lipinski definition) is 7. The van der Waals surface area contributed by atoms with Crippen LogP contribution in [0.3, 0.4) is 0 Å². The number of fused-ring (bicyclic) bond motifs is 2. The first-order valence-electron chi connectivity index (χ1n) is 12.2. The van der Waals surface area contributed by atoms with Crippen molar-refractivity contribution in [3.63, 3.8) is 0 Å². The summed E-state index contributed by atoms with van der Waals surface area (Å²) in [6, 6.07) is 0. The van der Waals surface area contributed by atoms with E-state index in [1.54, 1.807) is 0 Å². The predicted octanol–water partition coefficient (Wildman–Crippen LogP) is -2.33. The number of hydrogen-bond acceptors (Lipinski definition) is 13. The molecule has 4 aromatic heterocycles. The van der Waals surface area contributed by atoms with E-state index in [2.05, 4.69) is 19.9 Å². The van der Waals surface area contributed by atoms with Crippen LogP contribution in [0.1, 0.15) is 12.5 Å². The highest BCUT2D eigenvalue weighted by Gasteiger charge is 2.45. The van der Waals surface area contributed by atoms with Crippen molar-refractivity contribution in [1.82, 2.24) is 29.1 Å². The molecule has 4 aromatic rings. The molecule has 2 saturated heterocycles. The summed E-state index contributed by atoms with van der Waals surface area (Å²) in [5, 5.41) is 57.3. The molecule has 0 spiro atoms. The average Bonchev–Trinajstić information content (AvgIpc) is 3.67. The number of aliphatic hydroxyl groups is 6. The fourth-order valence-electron chi connectivity index (χ4n) is 4.82. The Morgan fingerprint density at radius 2 is 1.37 bits per heavy atom. The Morgan fingerprint density at radius 3 is 1.85 bits per heavy atom. The zero-order valence-electron chi connectivity index (χ0n) is 21.2. The van der Waals surface area contributed by atoms with Crippen LogP contribution in [-0.2, 0) is 9.47 Å². The van der Waals surface area contributed by atoms with Crippen LogP contribution in [0.15, 0.2) is 29.8 Å². The smallest absolute Gasteiger partial charge is 0.263 e. The van der Waals surface area contributed by atoms with Crippen LogP contribution < -0.4 is 10.3 Å². The van der Waals surface area contributed by atoms with Gasteiger partial charge in [-0.15, -0.1) is 0 Å². The summed E-state index contributed by atoms with van der Waals surface area (Å²) in [6.45, 7) is -0.959. The Labute approximate surface area is 227 Å². The lowest BCUT2D eigenvalue weighted by Crippen LogP contribution is -2.33. The van der Waals surface area contributed by atoms with Crippen LogP contribution in [0.2, 0.25) is 0 Å². The van der Waals surface area contributed by atoms with Crippen molar-refractivity contribution in [3.05, 3.63) is 47.0 Å². The minimum atomic E-state index is -1.37. The van der Waals surface area contributed by atoms with Gasteiger partial charge in [0.25, 0.3) is 5.56 Å². The first-order chi connectivity index (χ1) is 19.6. The summed E-state index contributed by atoms with van der Waals surface area (Å²) in [4.78, 5) is 25.4. The monoisotopic (exact) mass is 584 g/mol. The molecular formula is C23H26F2N6O10. The Balaban J connectivity index is 0.000000165. The van der Waals surface area contributed by atoms with Gasteiger partial charge < -0.3 is 59.0 Å². The van der Waals surface area contributed by atoms with Gasteiger partial charge in [0.1, 0.15) is 53.7 Å². The van der Waals surface area contributed by atoms with Crippen molar-refractivity contribution in [3.8, 4) is 5.88 Å². The summed E-state index contributed by atoms with van der Waals surface area (Å²) in [5.41, 5.74) is -0.506.